The minimum absolute atomic E-state index is 0.350. The molecule has 1 saturated carbocycles. The van der Waals surface area contributed by atoms with E-state index < -0.39 is 0 Å². The molecule has 1 aliphatic heterocycles. The normalized spacial score (nSPS) is 25.1. The second kappa shape index (κ2) is 5.88. The first-order chi connectivity index (χ1) is 10.0. The van der Waals surface area contributed by atoms with E-state index in [1.807, 2.05) is 12.1 Å². The van der Waals surface area contributed by atoms with Gasteiger partial charge in [0.1, 0.15) is 0 Å². The van der Waals surface area contributed by atoms with Gasteiger partial charge in [-0.2, -0.15) is 0 Å². The molecule has 1 aliphatic carbocycles. The molecule has 0 spiro atoms. The number of ether oxygens (including phenoxy) is 2. The van der Waals surface area contributed by atoms with Crippen LogP contribution in [0.25, 0.3) is 0 Å². The molecule has 0 radical (unpaired) electrons. The molecule has 2 aliphatic rings. The molecule has 1 aromatic carbocycles. The maximum atomic E-state index is 5.57. The lowest BCUT2D eigenvalue weighted by Crippen LogP contribution is -2.35. The minimum Gasteiger partial charge on any atom is -0.454 e. The van der Waals surface area contributed by atoms with E-state index in [1.165, 1.54) is 31.2 Å². The number of fused-ring (bicyclic) bond motifs is 1. The predicted octanol–water partition coefficient (Wildman–Crippen LogP) is 4.11. The van der Waals surface area contributed by atoms with E-state index in [-0.39, 0.29) is 0 Å². The monoisotopic (exact) mass is 289 g/mol. The Kier molecular flexibility index (Phi) is 4.12. The predicted molar refractivity (Wildman–Crippen MR) is 84.6 cm³/mol. The standard InChI is InChI=1S/C18H27NO2/c1-18(2,3)14-7-9-15(10-8-14)19-11-13-5-4-6-16-17(13)21-12-20-16/h4-6,14-15,19H,7-12H2,1-3H3. The molecule has 0 unspecified atom stereocenters. The molecule has 0 aromatic heterocycles. The fraction of sp³-hybridized carbons (Fsp3) is 0.667. The molecule has 21 heavy (non-hydrogen) atoms. The lowest BCUT2D eigenvalue weighted by molar-refractivity contribution is 0.159. The number of para-hydroxylation sites is 1. The first kappa shape index (κ1) is 14.7. The third-order valence-corrected chi connectivity index (χ3v) is 5.01. The second-order valence-electron chi connectivity index (χ2n) is 7.45. The van der Waals surface area contributed by atoms with Crippen LogP contribution in [0.15, 0.2) is 18.2 Å². The van der Waals surface area contributed by atoms with E-state index in [1.54, 1.807) is 0 Å². The smallest absolute Gasteiger partial charge is 0.231 e. The van der Waals surface area contributed by atoms with Crippen molar-refractivity contribution in [2.45, 2.75) is 59.0 Å². The molecular formula is C18H27NO2. The van der Waals surface area contributed by atoms with Gasteiger partial charge in [-0.1, -0.05) is 32.9 Å². The summed E-state index contributed by atoms with van der Waals surface area (Å²) in [6.45, 7) is 8.34. The van der Waals surface area contributed by atoms with E-state index >= 15 is 0 Å². The fourth-order valence-electron chi connectivity index (χ4n) is 3.55. The van der Waals surface area contributed by atoms with Gasteiger partial charge in [-0.15, -0.1) is 0 Å². The highest BCUT2D eigenvalue weighted by Gasteiger charge is 2.29. The first-order valence-corrected chi connectivity index (χ1v) is 8.15. The lowest BCUT2D eigenvalue weighted by Gasteiger charge is -2.37. The summed E-state index contributed by atoms with van der Waals surface area (Å²) < 4.78 is 11.0. The van der Waals surface area contributed by atoms with Crippen LogP contribution in [-0.4, -0.2) is 12.8 Å². The first-order valence-electron chi connectivity index (χ1n) is 8.15. The van der Waals surface area contributed by atoms with Gasteiger partial charge < -0.3 is 14.8 Å². The van der Waals surface area contributed by atoms with Crippen molar-refractivity contribution in [1.82, 2.24) is 5.32 Å². The second-order valence-corrected chi connectivity index (χ2v) is 7.45. The molecule has 0 bridgehead atoms. The van der Waals surface area contributed by atoms with Gasteiger partial charge in [0, 0.05) is 18.2 Å². The molecule has 3 heteroatoms. The van der Waals surface area contributed by atoms with Gasteiger partial charge in [-0.25, -0.2) is 0 Å². The SMILES string of the molecule is CC(C)(C)C1CCC(NCc2cccc3c2OCO3)CC1. The Balaban J connectivity index is 1.52. The van der Waals surface area contributed by atoms with Crippen molar-refractivity contribution in [3.8, 4) is 11.5 Å². The Bertz CT molecular complexity index is 484. The average molecular weight is 289 g/mol. The van der Waals surface area contributed by atoms with Crippen LogP contribution in [-0.2, 0) is 6.54 Å². The Hall–Kier alpha value is -1.22. The van der Waals surface area contributed by atoms with E-state index in [0.29, 0.717) is 18.2 Å². The van der Waals surface area contributed by atoms with Crippen LogP contribution in [0.1, 0.15) is 52.0 Å². The zero-order chi connectivity index (χ0) is 14.9. The maximum absolute atomic E-state index is 5.57. The summed E-state index contributed by atoms with van der Waals surface area (Å²) in [5.74, 6) is 2.67. The van der Waals surface area contributed by atoms with Crippen molar-refractivity contribution >= 4 is 0 Å². The van der Waals surface area contributed by atoms with Crippen molar-refractivity contribution in [2.24, 2.45) is 11.3 Å². The summed E-state index contributed by atoms with van der Waals surface area (Å²) in [6.07, 6.45) is 5.25. The third-order valence-electron chi connectivity index (χ3n) is 5.01. The molecule has 1 N–H and O–H groups in total. The molecule has 1 aromatic rings. The maximum Gasteiger partial charge on any atom is 0.231 e. The fourth-order valence-corrected chi connectivity index (χ4v) is 3.55. The van der Waals surface area contributed by atoms with Crippen molar-refractivity contribution in [1.29, 1.82) is 0 Å². The van der Waals surface area contributed by atoms with E-state index in [4.69, 9.17) is 9.47 Å². The van der Waals surface area contributed by atoms with Crippen molar-refractivity contribution < 1.29 is 9.47 Å². The number of hydrogen-bond acceptors (Lipinski definition) is 3. The van der Waals surface area contributed by atoms with Crippen LogP contribution in [0.3, 0.4) is 0 Å². The van der Waals surface area contributed by atoms with E-state index in [2.05, 4.69) is 32.2 Å². The largest absolute Gasteiger partial charge is 0.454 e. The van der Waals surface area contributed by atoms with Gasteiger partial charge in [0.25, 0.3) is 0 Å². The van der Waals surface area contributed by atoms with Crippen LogP contribution in [0.5, 0.6) is 11.5 Å². The Morgan fingerprint density at radius 2 is 1.86 bits per heavy atom. The number of nitrogens with one attached hydrogen (secondary N) is 1. The molecule has 3 nitrogen and oxygen atoms in total. The number of rotatable bonds is 3. The van der Waals surface area contributed by atoms with Gasteiger partial charge in [0.2, 0.25) is 6.79 Å². The third kappa shape index (κ3) is 3.34. The van der Waals surface area contributed by atoms with Gasteiger partial charge in [0.15, 0.2) is 11.5 Å². The van der Waals surface area contributed by atoms with Gasteiger partial charge >= 0.3 is 0 Å². The molecule has 1 heterocycles. The van der Waals surface area contributed by atoms with Crippen LogP contribution in [0.2, 0.25) is 0 Å². The quantitative estimate of drug-likeness (QED) is 0.908. The Labute approximate surface area is 128 Å². The summed E-state index contributed by atoms with van der Waals surface area (Å²) >= 11 is 0. The van der Waals surface area contributed by atoms with Gasteiger partial charge in [0.05, 0.1) is 0 Å². The summed E-state index contributed by atoms with van der Waals surface area (Å²) in [7, 11) is 0. The van der Waals surface area contributed by atoms with Crippen molar-refractivity contribution in [3.63, 3.8) is 0 Å². The Morgan fingerprint density at radius 1 is 1.10 bits per heavy atom. The zero-order valence-corrected chi connectivity index (χ0v) is 13.4. The highest BCUT2D eigenvalue weighted by molar-refractivity contribution is 5.48. The molecule has 0 amide bonds. The van der Waals surface area contributed by atoms with Crippen LogP contribution in [0, 0.1) is 11.3 Å². The minimum atomic E-state index is 0.350. The van der Waals surface area contributed by atoms with Crippen LogP contribution >= 0.6 is 0 Å². The van der Waals surface area contributed by atoms with Gasteiger partial charge in [-0.3, -0.25) is 0 Å². The topological polar surface area (TPSA) is 30.5 Å². The highest BCUT2D eigenvalue weighted by Crippen LogP contribution is 2.38. The molecule has 0 saturated heterocycles. The molecule has 116 valence electrons. The summed E-state index contributed by atoms with van der Waals surface area (Å²) in [5, 5.41) is 3.70. The molecular weight excluding hydrogens is 262 g/mol. The summed E-state index contributed by atoms with van der Waals surface area (Å²) in [6, 6.07) is 6.78. The average Bonchev–Trinajstić information content (AvgIpc) is 2.93. The van der Waals surface area contributed by atoms with Crippen LogP contribution in [0.4, 0.5) is 0 Å². The van der Waals surface area contributed by atoms with Crippen molar-refractivity contribution in [3.05, 3.63) is 23.8 Å². The summed E-state index contributed by atoms with van der Waals surface area (Å²) in [5.41, 5.74) is 1.67. The van der Waals surface area contributed by atoms with Gasteiger partial charge in [-0.05, 0) is 43.1 Å². The Morgan fingerprint density at radius 3 is 2.57 bits per heavy atom. The molecule has 1 fully saturated rings. The molecule has 3 rings (SSSR count). The van der Waals surface area contributed by atoms with Crippen LogP contribution < -0.4 is 14.8 Å². The summed E-state index contributed by atoms with van der Waals surface area (Å²) in [4.78, 5) is 0. The lowest BCUT2D eigenvalue weighted by atomic mass is 9.71. The number of hydrogen-bond donors (Lipinski definition) is 1. The zero-order valence-electron chi connectivity index (χ0n) is 13.4. The van der Waals surface area contributed by atoms with Crippen molar-refractivity contribution in [2.75, 3.05) is 6.79 Å². The highest BCUT2D eigenvalue weighted by atomic mass is 16.7. The number of benzene rings is 1. The van der Waals surface area contributed by atoms with E-state index in [0.717, 1.165) is 24.0 Å². The van der Waals surface area contributed by atoms with E-state index in [9.17, 15) is 0 Å². The molecule has 0 atom stereocenters.